The maximum atomic E-state index is 11.9. The zero-order valence-corrected chi connectivity index (χ0v) is 11.8. The maximum Gasteiger partial charge on any atom is 0.296 e. The van der Waals surface area contributed by atoms with Gasteiger partial charge in [0, 0.05) is 14.1 Å². The van der Waals surface area contributed by atoms with E-state index in [2.05, 4.69) is 4.72 Å². The molecule has 0 saturated carbocycles. The molecule has 0 aliphatic rings. The van der Waals surface area contributed by atoms with E-state index in [0.717, 1.165) is 4.31 Å². The molecule has 0 aromatic heterocycles. The maximum absolute atomic E-state index is 11.9. The van der Waals surface area contributed by atoms with Gasteiger partial charge < -0.3 is 0 Å². The van der Waals surface area contributed by atoms with Crippen molar-refractivity contribution in [2.24, 2.45) is 5.14 Å². The molecule has 0 aliphatic heterocycles. The second-order valence-corrected chi connectivity index (χ2v) is 7.36. The Bertz CT molecular complexity index is 650. The fourth-order valence-corrected chi connectivity index (χ4v) is 2.69. The third-order valence-corrected chi connectivity index (χ3v) is 4.56. The normalized spacial score (nSPS) is 12.7. The lowest BCUT2D eigenvalue weighted by Gasteiger charge is -2.14. The Morgan fingerprint density at radius 3 is 2.17 bits per heavy atom. The number of hydrogen-bond donors (Lipinski definition) is 2. The summed E-state index contributed by atoms with van der Waals surface area (Å²) in [4.78, 5) is -0.00995. The van der Waals surface area contributed by atoms with Crippen LogP contribution in [0.1, 0.15) is 5.56 Å². The molecule has 1 aromatic carbocycles. The first-order valence-electron chi connectivity index (χ1n) is 4.88. The second kappa shape index (κ2) is 4.84. The molecule has 1 aromatic rings. The summed E-state index contributed by atoms with van der Waals surface area (Å²) in [7, 11) is -4.77. The van der Waals surface area contributed by atoms with Gasteiger partial charge in [0.05, 0.1) is 10.6 Å². The van der Waals surface area contributed by atoms with Crippen molar-refractivity contribution in [1.29, 1.82) is 0 Å². The van der Waals surface area contributed by atoms with Crippen molar-refractivity contribution >= 4 is 25.9 Å². The van der Waals surface area contributed by atoms with Gasteiger partial charge in [0.25, 0.3) is 10.2 Å². The fraction of sp³-hybridized carbons (Fsp3) is 0.333. The molecule has 0 unspecified atom stereocenters. The van der Waals surface area contributed by atoms with Gasteiger partial charge in [-0.15, -0.1) is 0 Å². The van der Waals surface area contributed by atoms with E-state index in [9.17, 15) is 16.8 Å². The van der Waals surface area contributed by atoms with Crippen molar-refractivity contribution in [3.8, 4) is 0 Å². The predicted molar refractivity (Wildman–Crippen MR) is 68.8 cm³/mol. The molecule has 18 heavy (non-hydrogen) atoms. The minimum atomic E-state index is -3.94. The molecule has 0 saturated heterocycles. The number of nitrogens with zero attached hydrogens (tertiary/aromatic N) is 1. The van der Waals surface area contributed by atoms with E-state index in [1.54, 1.807) is 6.92 Å². The summed E-state index contributed by atoms with van der Waals surface area (Å²) in [5.41, 5.74) is 0.710. The highest BCUT2D eigenvalue weighted by molar-refractivity contribution is 7.90. The standard InChI is InChI=1S/C9H15N3O4S2/c1-7-4-5-8(17(13,14)12(2)3)6-9(7)11-18(10,15)16/h4-6,11H,1-3H3,(H2,10,15,16). The van der Waals surface area contributed by atoms with Crippen LogP contribution in [0.15, 0.2) is 23.1 Å². The van der Waals surface area contributed by atoms with Crippen LogP contribution in [0.4, 0.5) is 5.69 Å². The predicted octanol–water partition coefficient (Wildman–Crippen LogP) is -0.139. The van der Waals surface area contributed by atoms with Crippen molar-refractivity contribution in [2.45, 2.75) is 11.8 Å². The van der Waals surface area contributed by atoms with Crippen molar-refractivity contribution in [2.75, 3.05) is 18.8 Å². The molecule has 0 bridgehead atoms. The summed E-state index contributed by atoms with van der Waals surface area (Å²) in [5.74, 6) is 0. The molecule has 0 radical (unpaired) electrons. The largest absolute Gasteiger partial charge is 0.296 e. The second-order valence-electron chi connectivity index (χ2n) is 3.91. The Labute approximate surface area is 107 Å². The van der Waals surface area contributed by atoms with Crippen molar-refractivity contribution in [1.82, 2.24) is 4.31 Å². The first kappa shape index (κ1) is 14.9. The lowest BCUT2D eigenvalue weighted by Crippen LogP contribution is -2.24. The summed E-state index contributed by atoms with van der Waals surface area (Å²) in [6.45, 7) is 1.64. The zero-order valence-electron chi connectivity index (χ0n) is 10.2. The Morgan fingerprint density at radius 1 is 1.17 bits per heavy atom. The van der Waals surface area contributed by atoms with Gasteiger partial charge in [-0.1, -0.05) is 6.07 Å². The smallest absolute Gasteiger partial charge is 0.271 e. The van der Waals surface area contributed by atoms with E-state index in [0.29, 0.717) is 5.56 Å². The SMILES string of the molecule is Cc1ccc(S(=O)(=O)N(C)C)cc1NS(N)(=O)=O. The van der Waals surface area contributed by atoms with Crippen molar-refractivity contribution in [3.63, 3.8) is 0 Å². The molecule has 9 heteroatoms. The first-order valence-corrected chi connectivity index (χ1v) is 7.86. The highest BCUT2D eigenvalue weighted by Gasteiger charge is 2.18. The summed E-state index contributed by atoms with van der Waals surface area (Å²) in [6, 6.07) is 4.14. The van der Waals surface area contributed by atoms with Crippen LogP contribution in [0.5, 0.6) is 0 Å². The van der Waals surface area contributed by atoms with Gasteiger partial charge in [0.15, 0.2) is 0 Å². The summed E-state index contributed by atoms with van der Waals surface area (Å²) >= 11 is 0. The molecular weight excluding hydrogens is 278 g/mol. The van der Waals surface area contributed by atoms with Crippen LogP contribution in [0.2, 0.25) is 0 Å². The van der Waals surface area contributed by atoms with Gasteiger partial charge in [0.1, 0.15) is 0 Å². The van der Waals surface area contributed by atoms with E-state index in [4.69, 9.17) is 5.14 Å². The van der Waals surface area contributed by atoms with E-state index in [-0.39, 0.29) is 10.6 Å². The number of aryl methyl sites for hydroxylation is 1. The molecule has 0 heterocycles. The van der Waals surface area contributed by atoms with Crippen molar-refractivity contribution < 1.29 is 16.8 Å². The average molecular weight is 293 g/mol. The van der Waals surface area contributed by atoms with Crippen molar-refractivity contribution in [3.05, 3.63) is 23.8 Å². The summed E-state index contributed by atoms with van der Waals surface area (Å²) in [6.07, 6.45) is 0. The topological polar surface area (TPSA) is 110 Å². The van der Waals surface area contributed by atoms with Crippen LogP contribution in [-0.4, -0.2) is 35.2 Å². The number of rotatable bonds is 4. The van der Waals surface area contributed by atoms with Gasteiger partial charge >= 0.3 is 0 Å². The van der Waals surface area contributed by atoms with Crippen LogP contribution in [0.25, 0.3) is 0 Å². The lowest BCUT2D eigenvalue weighted by molar-refractivity contribution is 0.520. The van der Waals surface area contributed by atoms with Crippen LogP contribution >= 0.6 is 0 Å². The number of hydrogen-bond acceptors (Lipinski definition) is 4. The monoisotopic (exact) mass is 293 g/mol. The quantitative estimate of drug-likeness (QED) is 0.805. The molecule has 102 valence electrons. The van der Waals surface area contributed by atoms with Gasteiger partial charge in [-0.3, -0.25) is 4.72 Å². The first-order chi connectivity index (χ1) is 8.04. The molecule has 0 amide bonds. The van der Waals surface area contributed by atoms with Gasteiger partial charge in [-0.2, -0.15) is 8.42 Å². The summed E-state index contributed by atoms with van der Waals surface area (Å²) < 4.78 is 48.8. The van der Waals surface area contributed by atoms with E-state index in [1.807, 2.05) is 0 Å². The van der Waals surface area contributed by atoms with Crippen LogP contribution in [0.3, 0.4) is 0 Å². The molecule has 0 aliphatic carbocycles. The molecular formula is C9H15N3O4S2. The van der Waals surface area contributed by atoms with E-state index >= 15 is 0 Å². The van der Waals surface area contributed by atoms with Gasteiger partial charge in [-0.05, 0) is 24.6 Å². The lowest BCUT2D eigenvalue weighted by atomic mass is 10.2. The summed E-state index contributed by atoms with van der Waals surface area (Å²) in [5, 5.41) is 4.86. The number of anilines is 1. The molecule has 0 spiro atoms. The number of nitrogens with two attached hydrogens (primary N) is 1. The third kappa shape index (κ3) is 3.42. The van der Waals surface area contributed by atoms with Crippen LogP contribution in [-0.2, 0) is 20.2 Å². The fourth-order valence-electron chi connectivity index (χ4n) is 1.24. The molecule has 1 rings (SSSR count). The highest BCUT2D eigenvalue weighted by atomic mass is 32.2. The minimum Gasteiger partial charge on any atom is -0.271 e. The van der Waals surface area contributed by atoms with Crippen LogP contribution < -0.4 is 9.86 Å². The molecule has 3 N–H and O–H groups in total. The van der Waals surface area contributed by atoms with E-state index in [1.165, 1.54) is 32.3 Å². The Kier molecular flexibility index (Phi) is 4.01. The molecule has 0 fully saturated rings. The number of benzene rings is 1. The minimum absolute atomic E-state index is 0.00995. The van der Waals surface area contributed by atoms with Crippen LogP contribution in [0, 0.1) is 6.92 Å². The Hall–Kier alpha value is -1.16. The Morgan fingerprint density at radius 2 is 1.72 bits per heavy atom. The molecule has 0 atom stereocenters. The van der Waals surface area contributed by atoms with Gasteiger partial charge in [0.2, 0.25) is 10.0 Å². The zero-order chi connectivity index (χ0) is 14.1. The van der Waals surface area contributed by atoms with Gasteiger partial charge in [-0.25, -0.2) is 17.9 Å². The number of nitrogens with one attached hydrogen (secondary N) is 1. The number of sulfonamides is 1. The van der Waals surface area contributed by atoms with E-state index < -0.39 is 20.2 Å². The third-order valence-electron chi connectivity index (χ3n) is 2.24. The average Bonchev–Trinajstić information content (AvgIpc) is 2.18. The molecule has 7 nitrogen and oxygen atoms in total. The highest BCUT2D eigenvalue weighted by Crippen LogP contribution is 2.22. The Balaban J connectivity index is 3.33.